The molecule has 1 aliphatic carbocycles. The lowest BCUT2D eigenvalue weighted by atomic mass is 9.96. The number of nitriles is 1. The van der Waals surface area contributed by atoms with Gasteiger partial charge in [0.25, 0.3) is 0 Å². The van der Waals surface area contributed by atoms with E-state index in [0.29, 0.717) is 5.58 Å². The maximum absolute atomic E-state index is 12.4. The van der Waals surface area contributed by atoms with Crippen molar-refractivity contribution >= 4 is 34.4 Å². The normalized spacial score (nSPS) is 13.4. The molecule has 1 aliphatic rings. The number of thiophene rings is 1. The third kappa shape index (κ3) is 3.43. The van der Waals surface area contributed by atoms with Gasteiger partial charge in [0.05, 0.1) is 11.8 Å². The van der Waals surface area contributed by atoms with E-state index in [1.807, 2.05) is 44.2 Å². The third-order valence-electron chi connectivity index (χ3n) is 5.96. The minimum Gasteiger partial charge on any atom is -0.451 e. The highest BCUT2D eigenvalue weighted by Crippen LogP contribution is 2.38. The highest BCUT2D eigenvalue weighted by molar-refractivity contribution is 7.15. The van der Waals surface area contributed by atoms with Crippen molar-refractivity contribution in [1.82, 2.24) is 9.99 Å². The van der Waals surface area contributed by atoms with Crippen LogP contribution in [0.3, 0.4) is 0 Å². The van der Waals surface area contributed by atoms with Gasteiger partial charge in [0.2, 0.25) is 0 Å². The molecule has 0 fully saturated rings. The number of nitrogens with one attached hydrogen (secondary N) is 1. The van der Waals surface area contributed by atoms with E-state index >= 15 is 0 Å². The first-order valence-electron chi connectivity index (χ1n) is 10.6. The van der Waals surface area contributed by atoms with Crippen LogP contribution in [0.4, 0.5) is 0 Å². The summed E-state index contributed by atoms with van der Waals surface area (Å²) in [4.78, 5) is 13.8. The molecule has 0 aliphatic heterocycles. The van der Waals surface area contributed by atoms with Crippen molar-refractivity contribution in [2.24, 2.45) is 5.10 Å². The Hall–Kier alpha value is -3.63. The quantitative estimate of drug-likeness (QED) is 0.338. The summed E-state index contributed by atoms with van der Waals surface area (Å²) in [5.74, 6) is -0.180. The van der Waals surface area contributed by atoms with E-state index in [0.717, 1.165) is 52.2 Å². The number of nitrogens with zero attached hydrogens (tertiary/aromatic N) is 3. The zero-order valence-electron chi connectivity index (χ0n) is 17.9. The van der Waals surface area contributed by atoms with E-state index in [4.69, 9.17) is 4.42 Å². The predicted molar refractivity (Wildman–Crippen MR) is 126 cm³/mol. The lowest BCUT2D eigenvalue weighted by Gasteiger charge is -2.10. The zero-order chi connectivity index (χ0) is 22.2. The van der Waals surface area contributed by atoms with Crippen LogP contribution >= 0.6 is 11.3 Å². The number of fused-ring (bicyclic) bond motifs is 2. The molecule has 1 N–H and O–H groups in total. The molecule has 7 heteroatoms. The van der Waals surface area contributed by atoms with Gasteiger partial charge in [0, 0.05) is 27.2 Å². The summed E-state index contributed by atoms with van der Waals surface area (Å²) >= 11 is 1.72. The monoisotopic (exact) mass is 442 g/mol. The lowest BCUT2D eigenvalue weighted by molar-refractivity contribution is 0.0929. The standard InChI is InChI=1S/C25H22N4O2S/c1-15-11-18(14-27-28-24(30)22-12-17-7-3-5-9-21(17)31-22)16(2)29(15)25-20(13-26)19-8-4-6-10-23(19)32-25/h3,5,7,9,11-12,14H,4,6,8,10H2,1-2H3,(H,28,30). The molecule has 3 heterocycles. The number of benzene rings is 1. The fourth-order valence-electron chi connectivity index (χ4n) is 4.36. The number of hydrazone groups is 1. The number of para-hydroxylation sites is 1. The summed E-state index contributed by atoms with van der Waals surface area (Å²) in [7, 11) is 0. The highest BCUT2D eigenvalue weighted by atomic mass is 32.1. The van der Waals surface area contributed by atoms with Crippen LogP contribution in [0.2, 0.25) is 0 Å². The molecule has 5 rings (SSSR count). The third-order valence-corrected chi connectivity index (χ3v) is 7.23. The first kappa shape index (κ1) is 20.3. The van der Waals surface area contributed by atoms with Crippen molar-refractivity contribution in [3.05, 3.63) is 75.1 Å². The Labute approximate surface area is 189 Å². The molecule has 32 heavy (non-hydrogen) atoms. The molecule has 0 spiro atoms. The number of aryl methyl sites for hydroxylation is 2. The molecule has 0 saturated heterocycles. The van der Waals surface area contributed by atoms with Crippen molar-refractivity contribution in [2.45, 2.75) is 39.5 Å². The van der Waals surface area contributed by atoms with Crippen molar-refractivity contribution in [3.63, 3.8) is 0 Å². The van der Waals surface area contributed by atoms with Gasteiger partial charge in [-0.3, -0.25) is 4.79 Å². The summed E-state index contributed by atoms with van der Waals surface area (Å²) in [6.45, 7) is 4.03. The Balaban J connectivity index is 1.40. The van der Waals surface area contributed by atoms with Crippen LogP contribution in [0.5, 0.6) is 0 Å². The van der Waals surface area contributed by atoms with E-state index in [1.54, 1.807) is 23.6 Å². The molecule has 0 atom stereocenters. The molecule has 0 bridgehead atoms. The molecule has 3 aromatic heterocycles. The van der Waals surface area contributed by atoms with E-state index < -0.39 is 5.91 Å². The smallest absolute Gasteiger partial charge is 0.307 e. The summed E-state index contributed by atoms with van der Waals surface area (Å²) in [6, 6.07) is 13.6. The number of hydrogen-bond donors (Lipinski definition) is 1. The van der Waals surface area contributed by atoms with Crippen molar-refractivity contribution in [1.29, 1.82) is 5.26 Å². The number of rotatable bonds is 4. The number of amides is 1. The lowest BCUT2D eigenvalue weighted by Crippen LogP contribution is -2.16. The second kappa shape index (κ2) is 8.13. The highest BCUT2D eigenvalue weighted by Gasteiger charge is 2.23. The number of furan rings is 1. The summed E-state index contributed by atoms with van der Waals surface area (Å²) in [5.41, 5.74) is 8.14. The van der Waals surface area contributed by atoms with Crippen LogP contribution in [0.25, 0.3) is 16.0 Å². The van der Waals surface area contributed by atoms with E-state index in [-0.39, 0.29) is 5.76 Å². The summed E-state index contributed by atoms with van der Waals surface area (Å²) in [6.07, 6.45) is 6.00. The van der Waals surface area contributed by atoms with Crippen molar-refractivity contribution in [2.75, 3.05) is 0 Å². The maximum atomic E-state index is 12.4. The average molecular weight is 443 g/mol. The maximum Gasteiger partial charge on any atom is 0.307 e. The fraction of sp³-hybridized carbons (Fsp3) is 0.240. The summed E-state index contributed by atoms with van der Waals surface area (Å²) < 4.78 is 7.71. The molecule has 1 amide bonds. The van der Waals surface area contributed by atoms with Gasteiger partial charge >= 0.3 is 5.91 Å². The largest absolute Gasteiger partial charge is 0.451 e. The minimum absolute atomic E-state index is 0.219. The zero-order valence-corrected chi connectivity index (χ0v) is 18.8. The molecular formula is C25H22N4O2S. The van der Waals surface area contributed by atoms with E-state index in [9.17, 15) is 10.1 Å². The Bertz CT molecular complexity index is 1380. The minimum atomic E-state index is -0.399. The van der Waals surface area contributed by atoms with Crippen LogP contribution < -0.4 is 5.43 Å². The molecule has 4 aromatic rings. The second-order valence-corrected chi connectivity index (χ2v) is 9.10. The van der Waals surface area contributed by atoms with Gasteiger partial charge < -0.3 is 8.98 Å². The van der Waals surface area contributed by atoms with Gasteiger partial charge in [0.1, 0.15) is 16.7 Å². The van der Waals surface area contributed by atoms with E-state index in [1.165, 1.54) is 16.9 Å². The van der Waals surface area contributed by atoms with E-state index in [2.05, 4.69) is 21.2 Å². The van der Waals surface area contributed by atoms with Crippen molar-refractivity contribution in [3.8, 4) is 11.1 Å². The molecule has 0 unspecified atom stereocenters. The Morgan fingerprint density at radius 2 is 2.06 bits per heavy atom. The van der Waals surface area contributed by atoms with Crippen LogP contribution in [-0.4, -0.2) is 16.7 Å². The first-order chi connectivity index (χ1) is 15.6. The van der Waals surface area contributed by atoms with Crippen LogP contribution in [0, 0.1) is 25.2 Å². The van der Waals surface area contributed by atoms with Crippen molar-refractivity contribution < 1.29 is 9.21 Å². The Morgan fingerprint density at radius 3 is 2.88 bits per heavy atom. The van der Waals surface area contributed by atoms with Gasteiger partial charge in [-0.1, -0.05) is 18.2 Å². The molecular weight excluding hydrogens is 420 g/mol. The topological polar surface area (TPSA) is 83.3 Å². The van der Waals surface area contributed by atoms with Crippen LogP contribution in [0.15, 0.2) is 45.9 Å². The molecule has 1 aromatic carbocycles. The number of carbonyl (C=O) groups is 1. The number of aromatic nitrogens is 1. The first-order valence-corrected chi connectivity index (χ1v) is 11.4. The molecule has 0 radical (unpaired) electrons. The molecule has 6 nitrogen and oxygen atoms in total. The fourth-order valence-corrected chi connectivity index (χ4v) is 5.81. The average Bonchev–Trinajstić information content (AvgIpc) is 3.46. The molecule has 160 valence electrons. The number of carbonyl (C=O) groups excluding carboxylic acids is 1. The van der Waals surface area contributed by atoms with Gasteiger partial charge in [-0.15, -0.1) is 11.3 Å². The number of hydrogen-bond acceptors (Lipinski definition) is 5. The van der Waals surface area contributed by atoms with Crippen LogP contribution in [0.1, 0.15) is 56.4 Å². The van der Waals surface area contributed by atoms with Gasteiger partial charge in [-0.05, 0) is 63.3 Å². The van der Waals surface area contributed by atoms with Gasteiger partial charge in [-0.25, -0.2) is 5.43 Å². The summed E-state index contributed by atoms with van der Waals surface area (Å²) in [5, 5.41) is 15.8. The van der Waals surface area contributed by atoms with Gasteiger partial charge in [0.15, 0.2) is 5.76 Å². The predicted octanol–water partition coefficient (Wildman–Crippen LogP) is 5.42. The Morgan fingerprint density at radius 1 is 1.25 bits per heavy atom. The molecule has 0 saturated carbocycles. The Kier molecular flexibility index (Phi) is 5.16. The second-order valence-electron chi connectivity index (χ2n) is 8.01. The SMILES string of the molecule is Cc1cc(C=NNC(=O)c2cc3ccccc3o2)c(C)n1-c1sc2c(c1C#N)CCCC2. The van der Waals surface area contributed by atoms with Crippen LogP contribution in [-0.2, 0) is 12.8 Å². The van der Waals surface area contributed by atoms with Gasteiger partial charge in [-0.2, -0.15) is 10.4 Å².